The van der Waals surface area contributed by atoms with Crippen LogP contribution < -0.4 is 10.1 Å². The fourth-order valence-corrected chi connectivity index (χ4v) is 4.69. The Morgan fingerprint density at radius 1 is 0.947 bits per heavy atom. The zero-order valence-electron chi connectivity index (χ0n) is 21.3. The number of hydrogen-bond acceptors (Lipinski definition) is 7. The number of anilines is 2. The molecule has 6 nitrogen and oxygen atoms in total. The molecule has 0 unspecified atom stereocenters. The van der Waals surface area contributed by atoms with E-state index in [0.717, 1.165) is 32.1 Å². The molecule has 5 rings (SSSR count). The van der Waals surface area contributed by atoms with Gasteiger partial charge in [-0.05, 0) is 66.2 Å². The van der Waals surface area contributed by atoms with Crippen LogP contribution in [0.4, 0.5) is 15.9 Å². The highest BCUT2D eigenvalue weighted by Gasteiger charge is 2.17. The fourth-order valence-electron chi connectivity index (χ4n) is 3.81. The molecule has 192 valence electrons. The largest absolute Gasteiger partial charge is 0.508 e. The molecule has 38 heavy (non-hydrogen) atoms. The Kier molecular flexibility index (Phi) is 7.15. The monoisotopic (exact) mass is 526 g/mol. The standard InChI is InChI=1S/C30H27FN4O2S/c1-30(2,3)27-14-12-24-28(32-18-33-29(24)35-27)34-25-16-22(37-17-19-5-4-6-20(31)15-19)9-13-26(25)38-23-10-7-21(36)8-11-23/h4-16,18,36H,17H2,1-3H3,(H,32,33,34,35). The van der Waals surface area contributed by atoms with Crippen molar-refractivity contribution in [2.24, 2.45) is 0 Å². The molecule has 8 heteroatoms. The Labute approximate surface area is 225 Å². The Balaban J connectivity index is 1.48. The topological polar surface area (TPSA) is 80.2 Å². The molecule has 2 heterocycles. The lowest BCUT2D eigenvalue weighted by atomic mass is 9.91. The Bertz CT molecular complexity index is 1590. The van der Waals surface area contributed by atoms with Crippen LogP contribution in [0.3, 0.4) is 0 Å². The van der Waals surface area contributed by atoms with Crippen molar-refractivity contribution in [2.45, 2.75) is 42.6 Å². The molecule has 0 amide bonds. The molecule has 0 aliphatic rings. The molecule has 0 spiro atoms. The summed E-state index contributed by atoms with van der Waals surface area (Å²) in [5, 5.41) is 13.9. The summed E-state index contributed by atoms with van der Waals surface area (Å²) in [6.45, 7) is 6.58. The molecular weight excluding hydrogens is 499 g/mol. The summed E-state index contributed by atoms with van der Waals surface area (Å²) in [7, 11) is 0. The zero-order valence-corrected chi connectivity index (χ0v) is 22.1. The van der Waals surface area contributed by atoms with Crippen LogP contribution in [0.5, 0.6) is 11.5 Å². The Morgan fingerprint density at radius 3 is 2.53 bits per heavy atom. The van der Waals surface area contributed by atoms with Gasteiger partial charge in [-0.1, -0.05) is 44.7 Å². The van der Waals surface area contributed by atoms with Crippen LogP contribution in [0.1, 0.15) is 32.0 Å². The number of nitrogens with zero attached hydrogens (tertiary/aromatic N) is 3. The van der Waals surface area contributed by atoms with Gasteiger partial charge < -0.3 is 15.2 Å². The summed E-state index contributed by atoms with van der Waals surface area (Å²) in [5.41, 5.74) is 2.98. The molecule has 0 aliphatic heterocycles. The van der Waals surface area contributed by atoms with Gasteiger partial charge in [-0.2, -0.15) is 0 Å². The van der Waals surface area contributed by atoms with Crippen LogP contribution in [-0.4, -0.2) is 20.1 Å². The normalized spacial score (nSPS) is 11.5. The highest BCUT2D eigenvalue weighted by molar-refractivity contribution is 7.99. The maximum Gasteiger partial charge on any atom is 0.164 e. The van der Waals surface area contributed by atoms with Crippen LogP contribution in [0.15, 0.2) is 95.0 Å². The first kappa shape index (κ1) is 25.5. The van der Waals surface area contributed by atoms with Crippen molar-refractivity contribution in [3.63, 3.8) is 0 Å². The van der Waals surface area contributed by atoms with E-state index >= 15 is 0 Å². The van der Waals surface area contributed by atoms with Gasteiger partial charge in [0, 0.05) is 27.0 Å². The average Bonchev–Trinajstić information content (AvgIpc) is 2.89. The molecule has 2 aromatic heterocycles. The predicted molar refractivity (Wildman–Crippen MR) is 149 cm³/mol. The molecule has 0 radical (unpaired) electrons. The Hall–Kier alpha value is -4.17. The second-order valence-electron chi connectivity index (χ2n) is 9.84. The number of hydrogen-bond donors (Lipinski definition) is 2. The van der Waals surface area contributed by atoms with Crippen molar-refractivity contribution in [3.8, 4) is 11.5 Å². The fraction of sp³-hybridized carbons (Fsp3) is 0.167. The minimum absolute atomic E-state index is 0.103. The first-order valence-corrected chi connectivity index (χ1v) is 12.9. The van der Waals surface area contributed by atoms with Crippen molar-refractivity contribution >= 4 is 34.3 Å². The number of nitrogens with one attached hydrogen (secondary N) is 1. The van der Waals surface area contributed by atoms with Gasteiger partial charge in [-0.3, -0.25) is 0 Å². The number of benzene rings is 3. The minimum atomic E-state index is -0.298. The summed E-state index contributed by atoms with van der Waals surface area (Å²) in [5.74, 6) is 1.16. The second kappa shape index (κ2) is 10.7. The highest BCUT2D eigenvalue weighted by Crippen LogP contribution is 2.38. The summed E-state index contributed by atoms with van der Waals surface area (Å²) in [6, 6.07) is 23.1. The Morgan fingerprint density at radius 2 is 1.76 bits per heavy atom. The molecule has 0 atom stereocenters. The van der Waals surface area contributed by atoms with E-state index in [-0.39, 0.29) is 23.6 Å². The quantitative estimate of drug-likeness (QED) is 0.226. The molecule has 3 aromatic carbocycles. The number of fused-ring (bicyclic) bond motifs is 1. The summed E-state index contributed by atoms with van der Waals surface area (Å²) < 4.78 is 19.6. The van der Waals surface area contributed by atoms with Gasteiger partial charge >= 0.3 is 0 Å². The molecule has 0 bridgehead atoms. The van der Waals surface area contributed by atoms with Crippen molar-refractivity contribution in [2.75, 3.05) is 5.32 Å². The molecule has 2 N–H and O–H groups in total. The van der Waals surface area contributed by atoms with E-state index in [1.54, 1.807) is 30.0 Å². The van der Waals surface area contributed by atoms with Crippen molar-refractivity contribution < 1.29 is 14.2 Å². The maximum atomic E-state index is 13.6. The number of phenols is 1. The number of phenolic OH excluding ortho intramolecular Hbond substituents is 1. The van der Waals surface area contributed by atoms with Gasteiger partial charge in [0.2, 0.25) is 0 Å². The third kappa shape index (κ3) is 6.03. The SMILES string of the molecule is CC(C)(C)c1ccc2c(Nc3cc(OCc4cccc(F)c4)ccc3Sc3ccc(O)cc3)ncnc2n1. The number of aromatic nitrogens is 3. The van der Waals surface area contributed by atoms with Gasteiger partial charge in [0.1, 0.15) is 36.1 Å². The second-order valence-corrected chi connectivity index (χ2v) is 11.0. The molecular formula is C30H27FN4O2S. The molecule has 0 aliphatic carbocycles. The first-order chi connectivity index (χ1) is 18.2. The third-order valence-electron chi connectivity index (χ3n) is 5.83. The number of rotatable bonds is 7. The van der Waals surface area contributed by atoms with Crippen LogP contribution in [0, 0.1) is 5.82 Å². The van der Waals surface area contributed by atoms with Crippen LogP contribution in [0.2, 0.25) is 0 Å². The van der Waals surface area contributed by atoms with Crippen molar-refractivity contribution in [1.29, 1.82) is 0 Å². The number of halogens is 1. The lowest BCUT2D eigenvalue weighted by Crippen LogP contribution is -2.13. The first-order valence-electron chi connectivity index (χ1n) is 12.1. The van der Waals surface area contributed by atoms with Crippen molar-refractivity contribution in [3.05, 3.63) is 102 Å². The summed E-state index contributed by atoms with van der Waals surface area (Å²) >= 11 is 1.54. The van der Waals surface area contributed by atoms with E-state index in [9.17, 15) is 9.50 Å². The maximum absolute atomic E-state index is 13.6. The molecule has 5 aromatic rings. The number of pyridine rings is 1. The minimum Gasteiger partial charge on any atom is -0.508 e. The van der Waals surface area contributed by atoms with Crippen molar-refractivity contribution in [1.82, 2.24) is 15.0 Å². The average molecular weight is 527 g/mol. The van der Waals surface area contributed by atoms with Gasteiger partial charge in [0.25, 0.3) is 0 Å². The summed E-state index contributed by atoms with van der Waals surface area (Å²) in [4.78, 5) is 15.5. The smallest absolute Gasteiger partial charge is 0.164 e. The lowest BCUT2D eigenvalue weighted by Gasteiger charge is -2.18. The van der Waals surface area contributed by atoms with E-state index < -0.39 is 0 Å². The van der Waals surface area contributed by atoms with Crippen LogP contribution >= 0.6 is 11.8 Å². The van der Waals surface area contributed by atoms with Crippen LogP contribution in [-0.2, 0) is 12.0 Å². The van der Waals surface area contributed by atoms with Crippen LogP contribution in [0.25, 0.3) is 11.0 Å². The highest BCUT2D eigenvalue weighted by atomic mass is 32.2. The van der Waals surface area contributed by atoms with Gasteiger partial charge in [0.15, 0.2) is 5.65 Å². The van der Waals surface area contributed by atoms with E-state index in [1.165, 1.54) is 18.5 Å². The number of aromatic hydroxyl groups is 1. The van der Waals surface area contributed by atoms with Gasteiger partial charge in [-0.15, -0.1) is 0 Å². The summed E-state index contributed by atoms with van der Waals surface area (Å²) in [6.07, 6.45) is 1.50. The van der Waals surface area contributed by atoms with E-state index in [0.29, 0.717) is 17.2 Å². The molecule has 0 saturated heterocycles. The van der Waals surface area contributed by atoms with E-state index in [1.807, 2.05) is 48.5 Å². The van der Waals surface area contributed by atoms with E-state index in [2.05, 4.69) is 36.1 Å². The van der Waals surface area contributed by atoms with Gasteiger partial charge in [-0.25, -0.2) is 19.3 Å². The lowest BCUT2D eigenvalue weighted by molar-refractivity contribution is 0.305. The predicted octanol–water partition coefficient (Wildman–Crippen LogP) is 7.64. The van der Waals surface area contributed by atoms with Gasteiger partial charge in [0.05, 0.1) is 11.1 Å². The number of ether oxygens (including phenoxy) is 1. The zero-order chi connectivity index (χ0) is 26.7. The third-order valence-corrected chi connectivity index (χ3v) is 6.91. The van der Waals surface area contributed by atoms with E-state index in [4.69, 9.17) is 9.72 Å². The molecule has 0 saturated carbocycles. The molecule has 0 fully saturated rings.